The van der Waals surface area contributed by atoms with Gasteiger partial charge in [-0.1, -0.05) is 54.6 Å². The smallest absolute Gasteiger partial charge is 0.327 e. The first-order valence-corrected chi connectivity index (χ1v) is 13.8. The number of nitrogens with one attached hydrogen (secondary N) is 3. The number of aliphatic carboxylic acids is 1. The molecule has 3 aliphatic heterocycles. The Labute approximate surface area is 230 Å². The van der Waals surface area contributed by atoms with Gasteiger partial charge in [-0.3, -0.25) is 19.4 Å². The van der Waals surface area contributed by atoms with Crippen molar-refractivity contribution in [2.24, 2.45) is 4.99 Å². The molecular formula is C28H31N5O5S. The summed E-state index contributed by atoms with van der Waals surface area (Å²) in [5.74, 6) is -1.53. The molecule has 11 heteroatoms. The van der Waals surface area contributed by atoms with Gasteiger partial charge < -0.3 is 26.0 Å². The Morgan fingerprint density at radius 2 is 1.87 bits per heavy atom. The van der Waals surface area contributed by atoms with E-state index in [0.29, 0.717) is 5.56 Å². The summed E-state index contributed by atoms with van der Waals surface area (Å²) in [5, 5.41) is 18.0. The summed E-state index contributed by atoms with van der Waals surface area (Å²) in [7, 11) is 0. The largest absolute Gasteiger partial charge is 0.480 e. The summed E-state index contributed by atoms with van der Waals surface area (Å²) in [6.07, 6.45) is 1.07. The van der Waals surface area contributed by atoms with Crippen LogP contribution in [0.5, 0.6) is 0 Å². The summed E-state index contributed by atoms with van der Waals surface area (Å²) in [4.78, 5) is 56.9. The standard InChI is InChI=1S/C28H31N5O5S/c1-28(2)22(27(37)38)33-25(36)21(26(33)39-28)32-24(35)20(17-7-4-3-5-8-17)31-19(34)15-16-9-11-18(12-10-16)23-29-13-6-14-30-23/h3-5,7-12,20-22,26H,6,13-15H2,1-2H3,(H,29,30)(H,31,34)(H,32,35)(H,37,38)/t20-,21+,22+,26+/m1/s1. The number of benzene rings is 2. The predicted molar refractivity (Wildman–Crippen MR) is 147 cm³/mol. The van der Waals surface area contributed by atoms with Gasteiger partial charge in [0.15, 0.2) is 0 Å². The molecule has 204 valence electrons. The lowest BCUT2D eigenvalue weighted by atomic mass is 9.95. The van der Waals surface area contributed by atoms with Crippen molar-refractivity contribution < 1.29 is 24.3 Å². The van der Waals surface area contributed by atoms with Gasteiger partial charge in [0.2, 0.25) is 17.7 Å². The molecule has 4 atom stereocenters. The molecule has 0 aliphatic carbocycles. The Morgan fingerprint density at radius 1 is 1.15 bits per heavy atom. The zero-order valence-electron chi connectivity index (χ0n) is 21.7. The number of aliphatic imine (C=N–C) groups is 1. The Hall–Kier alpha value is -3.86. The van der Waals surface area contributed by atoms with Crippen LogP contribution in [-0.2, 0) is 25.6 Å². The molecule has 0 unspecified atom stereocenters. The number of hydrogen-bond donors (Lipinski definition) is 4. The number of carboxylic acids is 1. The molecule has 0 saturated carbocycles. The quantitative estimate of drug-likeness (QED) is 0.366. The van der Waals surface area contributed by atoms with Crippen LogP contribution in [0.15, 0.2) is 59.6 Å². The highest BCUT2D eigenvalue weighted by molar-refractivity contribution is 8.01. The van der Waals surface area contributed by atoms with Crippen LogP contribution in [0.4, 0.5) is 0 Å². The van der Waals surface area contributed by atoms with Crippen LogP contribution in [0.25, 0.3) is 0 Å². The van der Waals surface area contributed by atoms with Crippen LogP contribution in [0.1, 0.15) is 43.0 Å². The third kappa shape index (κ3) is 5.36. The van der Waals surface area contributed by atoms with Gasteiger partial charge in [-0.25, -0.2) is 4.79 Å². The summed E-state index contributed by atoms with van der Waals surface area (Å²) in [6.45, 7) is 5.23. The van der Waals surface area contributed by atoms with E-state index in [9.17, 15) is 24.3 Å². The second kappa shape index (κ2) is 10.7. The van der Waals surface area contributed by atoms with Gasteiger partial charge >= 0.3 is 5.97 Å². The molecule has 0 bridgehead atoms. The number of carbonyl (C=O) groups excluding carboxylic acids is 3. The van der Waals surface area contributed by atoms with Gasteiger partial charge in [0.25, 0.3) is 0 Å². The maximum absolute atomic E-state index is 13.4. The topological polar surface area (TPSA) is 140 Å². The van der Waals surface area contributed by atoms with E-state index in [2.05, 4.69) is 20.9 Å². The third-order valence-electron chi connectivity index (χ3n) is 7.16. The molecule has 3 amide bonds. The van der Waals surface area contributed by atoms with Crippen LogP contribution >= 0.6 is 11.8 Å². The van der Waals surface area contributed by atoms with Crippen LogP contribution in [0, 0.1) is 0 Å². The van der Waals surface area contributed by atoms with Gasteiger partial charge in [0.05, 0.1) is 6.42 Å². The van der Waals surface area contributed by atoms with Crippen molar-refractivity contribution in [2.75, 3.05) is 13.1 Å². The van der Waals surface area contributed by atoms with E-state index >= 15 is 0 Å². The van der Waals surface area contributed by atoms with Crippen LogP contribution in [0.3, 0.4) is 0 Å². The fourth-order valence-electron chi connectivity index (χ4n) is 5.23. The van der Waals surface area contributed by atoms with E-state index in [1.807, 2.05) is 30.3 Å². The summed E-state index contributed by atoms with van der Waals surface area (Å²) in [6, 6.07) is 13.5. The van der Waals surface area contributed by atoms with Gasteiger partial charge in [-0.2, -0.15) is 0 Å². The van der Waals surface area contributed by atoms with Crippen LogP contribution < -0.4 is 16.0 Å². The van der Waals surface area contributed by atoms with Gasteiger partial charge in [0.1, 0.15) is 29.3 Å². The number of β-lactam (4-membered cyclic amide) rings is 1. The molecular weight excluding hydrogens is 518 g/mol. The molecule has 2 fully saturated rings. The van der Waals surface area contributed by atoms with E-state index in [0.717, 1.165) is 36.5 Å². The number of fused-ring (bicyclic) bond motifs is 1. The number of nitrogens with zero attached hydrogens (tertiary/aromatic N) is 2. The normalized spacial score (nSPS) is 23.9. The first kappa shape index (κ1) is 26.7. The molecule has 5 rings (SSSR count). The van der Waals surface area contributed by atoms with Crippen LogP contribution in [-0.4, -0.2) is 74.8 Å². The number of carboxylic acid groups (broad SMARTS) is 1. The highest BCUT2D eigenvalue weighted by Gasteiger charge is 2.64. The minimum atomic E-state index is -1.07. The van der Waals surface area contributed by atoms with E-state index in [-0.39, 0.29) is 12.3 Å². The summed E-state index contributed by atoms with van der Waals surface area (Å²) >= 11 is 1.35. The number of hydrogen-bond acceptors (Lipinski definition) is 7. The first-order chi connectivity index (χ1) is 18.7. The Bertz CT molecular complexity index is 1310. The minimum absolute atomic E-state index is 0.0693. The molecule has 0 spiro atoms. The fourth-order valence-corrected chi connectivity index (χ4v) is 6.86. The molecule has 2 aromatic carbocycles. The van der Waals surface area contributed by atoms with Crippen molar-refractivity contribution in [1.82, 2.24) is 20.9 Å². The second-order valence-electron chi connectivity index (χ2n) is 10.4. The first-order valence-electron chi connectivity index (χ1n) is 12.9. The highest BCUT2D eigenvalue weighted by atomic mass is 32.2. The zero-order valence-corrected chi connectivity index (χ0v) is 22.5. The molecule has 4 N–H and O–H groups in total. The van der Waals surface area contributed by atoms with Gasteiger partial charge in [-0.15, -0.1) is 11.8 Å². The fraction of sp³-hybridized carbons (Fsp3) is 0.393. The highest BCUT2D eigenvalue weighted by Crippen LogP contribution is 2.50. The van der Waals surface area contributed by atoms with Gasteiger partial charge in [-0.05, 0) is 31.4 Å². The lowest BCUT2D eigenvalue weighted by Gasteiger charge is -2.44. The zero-order chi connectivity index (χ0) is 27.7. The maximum atomic E-state index is 13.4. The molecule has 0 radical (unpaired) electrons. The van der Waals surface area contributed by atoms with Crippen molar-refractivity contribution in [3.63, 3.8) is 0 Å². The molecule has 0 aromatic heterocycles. The van der Waals surface area contributed by atoms with Crippen molar-refractivity contribution in [2.45, 2.75) is 54.9 Å². The number of rotatable bonds is 8. The Morgan fingerprint density at radius 3 is 2.51 bits per heavy atom. The van der Waals surface area contributed by atoms with E-state index in [4.69, 9.17) is 0 Å². The number of thioether (sulfide) groups is 1. The number of amidine groups is 1. The lowest BCUT2D eigenvalue weighted by Crippen LogP contribution is -2.71. The molecule has 10 nitrogen and oxygen atoms in total. The number of carbonyl (C=O) groups is 4. The Kier molecular flexibility index (Phi) is 7.35. The SMILES string of the molecule is CC1(C)S[C@H]2[C@@H](NC(=O)[C@H](NC(=O)Cc3ccc(C4=NCCCN4)cc3)c3ccccc3)C(=O)N2[C@H]1C(=O)O. The number of amides is 3. The maximum Gasteiger partial charge on any atom is 0.327 e. The summed E-state index contributed by atoms with van der Waals surface area (Å²) in [5.41, 5.74) is 2.32. The van der Waals surface area contributed by atoms with Crippen molar-refractivity contribution in [1.29, 1.82) is 0 Å². The minimum Gasteiger partial charge on any atom is -0.480 e. The predicted octanol–water partition coefficient (Wildman–Crippen LogP) is 1.46. The van der Waals surface area contributed by atoms with E-state index in [1.165, 1.54) is 16.7 Å². The third-order valence-corrected chi connectivity index (χ3v) is 8.73. The van der Waals surface area contributed by atoms with Crippen LogP contribution in [0.2, 0.25) is 0 Å². The van der Waals surface area contributed by atoms with E-state index < -0.39 is 46.0 Å². The second-order valence-corrected chi connectivity index (χ2v) is 12.2. The molecule has 3 heterocycles. The molecule has 39 heavy (non-hydrogen) atoms. The van der Waals surface area contributed by atoms with Crippen molar-refractivity contribution in [3.8, 4) is 0 Å². The molecule has 3 aliphatic rings. The average Bonchev–Trinajstić information content (AvgIpc) is 3.19. The van der Waals surface area contributed by atoms with E-state index in [1.54, 1.807) is 38.1 Å². The lowest BCUT2D eigenvalue weighted by molar-refractivity contribution is -0.161. The average molecular weight is 550 g/mol. The van der Waals surface area contributed by atoms with Crippen molar-refractivity contribution >= 4 is 41.3 Å². The molecule has 2 saturated heterocycles. The molecule has 2 aromatic rings. The van der Waals surface area contributed by atoms with Gasteiger partial charge in [0, 0.05) is 23.4 Å². The summed E-state index contributed by atoms with van der Waals surface area (Å²) < 4.78 is -0.701. The Balaban J connectivity index is 1.26. The van der Waals surface area contributed by atoms with Crippen molar-refractivity contribution in [3.05, 3.63) is 71.3 Å². The monoisotopic (exact) mass is 549 g/mol.